The molecule has 2 heterocycles. The molecule has 8 heteroatoms. The zero-order chi connectivity index (χ0) is 21.1. The van der Waals surface area contributed by atoms with Crippen LogP contribution in [0.1, 0.15) is 11.1 Å². The average Bonchev–Trinajstić information content (AvgIpc) is 2.78. The first kappa shape index (κ1) is 19.5. The van der Waals surface area contributed by atoms with Crippen molar-refractivity contribution in [3.63, 3.8) is 0 Å². The van der Waals surface area contributed by atoms with Gasteiger partial charge in [0.2, 0.25) is 0 Å². The van der Waals surface area contributed by atoms with Gasteiger partial charge in [-0.2, -0.15) is 5.26 Å². The molecular formula is C22H22N6O2. The summed E-state index contributed by atoms with van der Waals surface area (Å²) in [5, 5.41) is 12.1. The van der Waals surface area contributed by atoms with Crippen molar-refractivity contribution in [3.05, 3.63) is 53.6 Å². The number of rotatable bonds is 3. The van der Waals surface area contributed by atoms with Gasteiger partial charge in [0.25, 0.3) is 5.88 Å². The maximum atomic E-state index is 12.8. The van der Waals surface area contributed by atoms with Crippen molar-refractivity contribution in [1.29, 1.82) is 5.26 Å². The van der Waals surface area contributed by atoms with E-state index in [-0.39, 0.29) is 11.9 Å². The predicted molar refractivity (Wildman–Crippen MR) is 115 cm³/mol. The lowest BCUT2D eigenvalue weighted by molar-refractivity contribution is 0.208. The normalized spacial score (nSPS) is 13.8. The molecule has 2 amide bonds. The number of amides is 2. The lowest BCUT2D eigenvalue weighted by Crippen LogP contribution is -2.50. The van der Waals surface area contributed by atoms with E-state index >= 15 is 0 Å². The molecule has 2 aromatic carbocycles. The number of piperazine rings is 1. The molecule has 152 valence electrons. The van der Waals surface area contributed by atoms with E-state index < -0.39 is 0 Å². The number of aryl methyl sites for hydroxylation is 1. The molecule has 0 aliphatic carbocycles. The highest BCUT2D eigenvalue weighted by molar-refractivity contribution is 5.91. The van der Waals surface area contributed by atoms with Crippen molar-refractivity contribution in [3.8, 4) is 11.9 Å². The summed E-state index contributed by atoms with van der Waals surface area (Å²) >= 11 is 0. The van der Waals surface area contributed by atoms with E-state index in [4.69, 9.17) is 4.74 Å². The fourth-order valence-corrected chi connectivity index (χ4v) is 3.55. The zero-order valence-electron chi connectivity index (χ0n) is 16.9. The number of para-hydroxylation sites is 1. The minimum atomic E-state index is -0.248. The third kappa shape index (κ3) is 3.82. The summed E-state index contributed by atoms with van der Waals surface area (Å²) in [6, 6.07) is 15.2. The molecule has 1 fully saturated rings. The van der Waals surface area contributed by atoms with E-state index in [9.17, 15) is 10.1 Å². The van der Waals surface area contributed by atoms with Crippen LogP contribution < -0.4 is 15.0 Å². The van der Waals surface area contributed by atoms with E-state index in [2.05, 4.69) is 26.3 Å². The summed E-state index contributed by atoms with van der Waals surface area (Å²) in [6.07, 6.45) is 0. The molecule has 1 aliphatic heterocycles. The number of nitrogens with one attached hydrogen (secondary N) is 1. The first-order valence-electron chi connectivity index (χ1n) is 9.71. The Morgan fingerprint density at radius 2 is 1.87 bits per heavy atom. The minimum Gasteiger partial charge on any atom is -0.478 e. The van der Waals surface area contributed by atoms with E-state index in [1.807, 2.05) is 43.3 Å². The van der Waals surface area contributed by atoms with E-state index in [0.717, 1.165) is 16.8 Å². The minimum absolute atomic E-state index is 0.248. The highest BCUT2D eigenvalue weighted by atomic mass is 16.5. The maximum absolute atomic E-state index is 12.8. The molecule has 0 radical (unpaired) electrons. The second-order valence-electron chi connectivity index (χ2n) is 7.11. The Hall–Kier alpha value is -3.86. The molecule has 1 saturated heterocycles. The first-order chi connectivity index (χ1) is 14.6. The van der Waals surface area contributed by atoms with Crippen molar-refractivity contribution in [2.45, 2.75) is 6.92 Å². The number of nitrogens with zero attached hydrogens (tertiary/aromatic N) is 5. The van der Waals surface area contributed by atoms with Gasteiger partial charge in [0, 0.05) is 26.2 Å². The monoisotopic (exact) mass is 402 g/mol. The van der Waals surface area contributed by atoms with Crippen LogP contribution in [0.2, 0.25) is 0 Å². The molecule has 30 heavy (non-hydrogen) atoms. The Labute approximate surface area is 174 Å². The summed E-state index contributed by atoms with van der Waals surface area (Å²) < 4.78 is 5.34. The second kappa shape index (κ2) is 8.25. The third-order valence-electron chi connectivity index (χ3n) is 5.14. The van der Waals surface area contributed by atoms with Crippen LogP contribution in [0.4, 0.5) is 16.3 Å². The van der Waals surface area contributed by atoms with Crippen molar-refractivity contribution >= 4 is 28.6 Å². The summed E-state index contributed by atoms with van der Waals surface area (Å²) in [5.74, 6) is 0.583. The number of carbonyl (C=O) groups is 1. The van der Waals surface area contributed by atoms with E-state index in [1.165, 1.54) is 7.11 Å². The molecule has 8 nitrogen and oxygen atoms in total. The molecular weight excluding hydrogens is 380 g/mol. The number of benzene rings is 2. The molecule has 0 saturated carbocycles. The quantitative estimate of drug-likeness (QED) is 0.723. The zero-order valence-corrected chi connectivity index (χ0v) is 16.9. The lowest BCUT2D eigenvalue weighted by Gasteiger charge is -2.36. The van der Waals surface area contributed by atoms with Gasteiger partial charge in [-0.25, -0.2) is 14.8 Å². The van der Waals surface area contributed by atoms with Crippen molar-refractivity contribution in [1.82, 2.24) is 14.9 Å². The van der Waals surface area contributed by atoms with Gasteiger partial charge in [-0.05, 0) is 36.8 Å². The Morgan fingerprint density at radius 1 is 1.10 bits per heavy atom. The van der Waals surface area contributed by atoms with Gasteiger partial charge in [0.05, 0.1) is 29.4 Å². The number of anilines is 2. The van der Waals surface area contributed by atoms with Gasteiger partial charge >= 0.3 is 6.03 Å². The highest BCUT2D eigenvalue weighted by Crippen LogP contribution is 2.25. The molecule has 0 atom stereocenters. The number of hydrogen-bond donors (Lipinski definition) is 1. The third-order valence-corrected chi connectivity index (χ3v) is 5.14. The number of urea groups is 1. The number of methoxy groups -OCH3 is 1. The maximum Gasteiger partial charge on any atom is 0.323 e. The molecule has 1 N–H and O–H groups in total. The Balaban J connectivity index is 1.46. The second-order valence-corrected chi connectivity index (χ2v) is 7.11. The fraction of sp³-hybridized carbons (Fsp3) is 0.273. The summed E-state index contributed by atoms with van der Waals surface area (Å²) in [5.41, 5.74) is 4.02. The van der Waals surface area contributed by atoms with Crippen LogP contribution in [-0.2, 0) is 0 Å². The van der Waals surface area contributed by atoms with Gasteiger partial charge < -0.3 is 14.5 Å². The van der Waals surface area contributed by atoms with Crippen LogP contribution in [0, 0.1) is 18.3 Å². The standard InChI is InChI=1S/C22H22N6O2/c1-15-7-8-17-18(13-15)25-21(30-2)20(24-17)26-22(29)28-11-9-27(10-12-28)19-6-4-3-5-16(19)14-23/h3-8,13H,9-12H2,1-2H3,(H,24,26,29). The van der Waals surface area contributed by atoms with Gasteiger partial charge in [-0.1, -0.05) is 18.2 Å². The highest BCUT2D eigenvalue weighted by Gasteiger charge is 2.24. The number of carbonyl (C=O) groups excluding carboxylic acids is 1. The number of fused-ring (bicyclic) bond motifs is 1. The van der Waals surface area contributed by atoms with Crippen molar-refractivity contribution in [2.75, 3.05) is 43.5 Å². The Morgan fingerprint density at radius 3 is 2.60 bits per heavy atom. The average molecular weight is 402 g/mol. The molecule has 0 spiro atoms. The lowest BCUT2D eigenvalue weighted by atomic mass is 10.1. The molecule has 4 rings (SSSR count). The van der Waals surface area contributed by atoms with Crippen LogP contribution in [0.15, 0.2) is 42.5 Å². The molecule has 3 aromatic rings. The van der Waals surface area contributed by atoms with Crippen molar-refractivity contribution < 1.29 is 9.53 Å². The SMILES string of the molecule is COc1nc2cc(C)ccc2nc1NC(=O)N1CCN(c2ccccc2C#N)CC1. The summed E-state index contributed by atoms with van der Waals surface area (Å²) in [6.45, 7) is 4.35. The predicted octanol–water partition coefficient (Wildman–Crippen LogP) is 3.17. The van der Waals surface area contributed by atoms with E-state index in [1.54, 1.807) is 11.0 Å². The number of nitriles is 1. The molecule has 1 aromatic heterocycles. The Bertz CT molecular complexity index is 1130. The molecule has 0 bridgehead atoms. The van der Waals surface area contributed by atoms with Gasteiger partial charge in [0.1, 0.15) is 6.07 Å². The largest absolute Gasteiger partial charge is 0.478 e. The van der Waals surface area contributed by atoms with Crippen LogP contribution in [0.3, 0.4) is 0 Å². The summed E-state index contributed by atoms with van der Waals surface area (Å²) in [7, 11) is 1.51. The topological polar surface area (TPSA) is 94.4 Å². The Kier molecular flexibility index (Phi) is 5.35. The van der Waals surface area contributed by atoms with Crippen molar-refractivity contribution in [2.24, 2.45) is 0 Å². The van der Waals surface area contributed by atoms with Crippen LogP contribution >= 0.6 is 0 Å². The number of ether oxygens (including phenoxy) is 1. The number of aromatic nitrogens is 2. The fourth-order valence-electron chi connectivity index (χ4n) is 3.55. The number of hydrogen-bond acceptors (Lipinski definition) is 6. The van der Waals surface area contributed by atoms with Crippen LogP contribution in [-0.4, -0.2) is 54.2 Å². The van der Waals surface area contributed by atoms with E-state index in [0.29, 0.717) is 43.1 Å². The van der Waals surface area contributed by atoms with Crippen LogP contribution in [0.5, 0.6) is 5.88 Å². The molecule has 1 aliphatic rings. The molecule has 0 unspecified atom stereocenters. The van der Waals surface area contributed by atoms with Gasteiger partial charge in [-0.3, -0.25) is 5.32 Å². The van der Waals surface area contributed by atoms with Gasteiger partial charge in [-0.15, -0.1) is 0 Å². The first-order valence-corrected chi connectivity index (χ1v) is 9.71. The van der Waals surface area contributed by atoms with Gasteiger partial charge in [0.15, 0.2) is 5.82 Å². The smallest absolute Gasteiger partial charge is 0.323 e. The van der Waals surface area contributed by atoms with Crippen LogP contribution in [0.25, 0.3) is 11.0 Å². The summed E-state index contributed by atoms with van der Waals surface area (Å²) in [4.78, 5) is 25.6.